The van der Waals surface area contributed by atoms with Gasteiger partial charge in [-0.2, -0.15) is 0 Å². The minimum absolute atomic E-state index is 0.189. The highest BCUT2D eigenvalue weighted by Gasteiger charge is 2.15. The van der Waals surface area contributed by atoms with Crippen LogP contribution in [0.5, 0.6) is 0 Å². The van der Waals surface area contributed by atoms with Crippen molar-refractivity contribution in [3.63, 3.8) is 0 Å². The van der Waals surface area contributed by atoms with E-state index in [2.05, 4.69) is 26.6 Å². The number of amides is 1. The molecule has 0 heterocycles. The maximum Gasteiger partial charge on any atom is 0.257 e. The Bertz CT molecular complexity index is 658. The van der Waals surface area contributed by atoms with Gasteiger partial charge in [-0.05, 0) is 52.7 Å². The third kappa shape index (κ3) is 2.99. The maximum absolute atomic E-state index is 13.6. The first-order valence-electron chi connectivity index (χ1n) is 6.06. The highest BCUT2D eigenvalue weighted by atomic mass is 79.9. The molecule has 0 aliphatic heterocycles. The van der Waals surface area contributed by atoms with Gasteiger partial charge in [-0.25, -0.2) is 4.39 Å². The molecule has 0 aliphatic carbocycles. The SMILES string of the molecule is CNc1c(F)cccc1C(=O)Nc1cc(C)ccc1Br. The topological polar surface area (TPSA) is 41.1 Å². The van der Waals surface area contributed by atoms with E-state index >= 15 is 0 Å². The highest BCUT2D eigenvalue weighted by Crippen LogP contribution is 2.26. The fourth-order valence-corrected chi connectivity index (χ4v) is 2.24. The summed E-state index contributed by atoms with van der Waals surface area (Å²) in [5.41, 5.74) is 2.13. The quantitative estimate of drug-likeness (QED) is 0.882. The van der Waals surface area contributed by atoms with Crippen molar-refractivity contribution in [1.82, 2.24) is 0 Å². The lowest BCUT2D eigenvalue weighted by molar-refractivity contribution is 0.102. The van der Waals surface area contributed by atoms with Crippen LogP contribution in [0.3, 0.4) is 0 Å². The third-order valence-electron chi connectivity index (χ3n) is 2.88. The minimum Gasteiger partial charge on any atom is -0.385 e. The normalized spacial score (nSPS) is 10.2. The number of hydrogen-bond acceptors (Lipinski definition) is 2. The number of halogens is 2. The summed E-state index contributed by atoms with van der Waals surface area (Å²) < 4.78 is 14.4. The molecule has 5 heteroatoms. The van der Waals surface area contributed by atoms with Gasteiger partial charge in [0.1, 0.15) is 5.82 Å². The van der Waals surface area contributed by atoms with E-state index in [0.29, 0.717) is 5.69 Å². The number of anilines is 2. The molecular formula is C15H14BrFN2O. The number of carbonyl (C=O) groups is 1. The Labute approximate surface area is 125 Å². The lowest BCUT2D eigenvalue weighted by Crippen LogP contribution is -2.15. The van der Waals surface area contributed by atoms with Gasteiger partial charge in [0.2, 0.25) is 0 Å². The number of benzene rings is 2. The van der Waals surface area contributed by atoms with Crippen LogP contribution in [0.4, 0.5) is 15.8 Å². The fourth-order valence-electron chi connectivity index (χ4n) is 1.89. The molecule has 0 atom stereocenters. The first-order valence-corrected chi connectivity index (χ1v) is 6.86. The number of para-hydroxylation sites is 1. The first kappa shape index (κ1) is 14.5. The Morgan fingerprint density at radius 2 is 2.00 bits per heavy atom. The molecule has 0 aromatic heterocycles. The van der Waals surface area contributed by atoms with Gasteiger partial charge in [-0.15, -0.1) is 0 Å². The largest absolute Gasteiger partial charge is 0.385 e. The Morgan fingerprint density at radius 3 is 2.70 bits per heavy atom. The van der Waals surface area contributed by atoms with Crippen LogP contribution < -0.4 is 10.6 Å². The van der Waals surface area contributed by atoms with Crippen LogP contribution in [-0.4, -0.2) is 13.0 Å². The summed E-state index contributed by atoms with van der Waals surface area (Å²) in [4.78, 5) is 12.3. The van der Waals surface area contributed by atoms with Crippen molar-refractivity contribution < 1.29 is 9.18 Å². The standard InChI is InChI=1S/C15H14BrFN2O/c1-9-6-7-11(16)13(8-9)19-15(20)10-4-3-5-12(17)14(10)18-2/h3-8,18H,1-2H3,(H,19,20). The summed E-state index contributed by atoms with van der Waals surface area (Å²) in [6.45, 7) is 1.93. The van der Waals surface area contributed by atoms with Crippen molar-refractivity contribution in [2.75, 3.05) is 17.7 Å². The molecule has 1 amide bonds. The molecule has 20 heavy (non-hydrogen) atoms. The van der Waals surface area contributed by atoms with E-state index in [1.54, 1.807) is 13.1 Å². The van der Waals surface area contributed by atoms with E-state index in [-0.39, 0.29) is 17.2 Å². The molecular weight excluding hydrogens is 323 g/mol. The minimum atomic E-state index is -0.455. The van der Waals surface area contributed by atoms with Crippen molar-refractivity contribution in [2.45, 2.75) is 6.92 Å². The molecule has 0 saturated carbocycles. The number of carbonyl (C=O) groups excluding carboxylic acids is 1. The second kappa shape index (κ2) is 6.05. The average Bonchev–Trinajstić information content (AvgIpc) is 2.42. The molecule has 2 N–H and O–H groups in total. The van der Waals surface area contributed by atoms with Crippen LogP contribution in [0.2, 0.25) is 0 Å². The van der Waals surface area contributed by atoms with Crippen molar-refractivity contribution >= 4 is 33.2 Å². The van der Waals surface area contributed by atoms with E-state index in [9.17, 15) is 9.18 Å². The summed E-state index contributed by atoms with van der Waals surface area (Å²) in [5, 5.41) is 5.49. The van der Waals surface area contributed by atoms with Gasteiger partial charge in [-0.1, -0.05) is 12.1 Å². The number of aryl methyl sites for hydroxylation is 1. The molecule has 2 aromatic carbocycles. The highest BCUT2D eigenvalue weighted by molar-refractivity contribution is 9.10. The van der Waals surface area contributed by atoms with E-state index in [4.69, 9.17) is 0 Å². The molecule has 2 rings (SSSR count). The monoisotopic (exact) mass is 336 g/mol. The zero-order valence-electron chi connectivity index (χ0n) is 11.1. The molecule has 0 unspecified atom stereocenters. The van der Waals surface area contributed by atoms with Crippen LogP contribution in [0.15, 0.2) is 40.9 Å². The van der Waals surface area contributed by atoms with Crippen molar-refractivity contribution in [2.24, 2.45) is 0 Å². The molecule has 0 fully saturated rings. The predicted molar refractivity (Wildman–Crippen MR) is 82.8 cm³/mol. The Kier molecular flexibility index (Phi) is 4.39. The van der Waals surface area contributed by atoms with Crippen LogP contribution in [0.25, 0.3) is 0 Å². The van der Waals surface area contributed by atoms with Gasteiger partial charge in [0, 0.05) is 11.5 Å². The molecule has 0 radical (unpaired) electrons. The van der Waals surface area contributed by atoms with E-state index in [0.717, 1.165) is 10.0 Å². The van der Waals surface area contributed by atoms with Crippen LogP contribution in [-0.2, 0) is 0 Å². The zero-order chi connectivity index (χ0) is 14.7. The molecule has 0 spiro atoms. The average molecular weight is 337 g/mol. The lowest BCUT2D eigenvalue weighted by Gasteiger charge is -2.12. The van der Waals surface area contributed by atoms with Crippen molar-refractivity contribution in [3.8, 4) is 0 Å². The molecule has 104 valence electrons. The third-order valence-corrected chi connectivity index (χ3v) is 3.57. The fraction of sp³-hybridized carbons (Fsp3) is 0.133. The number of rotatable bonds is 3. The summed E-state index contributed by atoms with van der Waals surface area (Å²) in [7, 11) is 1.58. The van der Waals surface area contributed by atoms with Gasteiger partial charge < -0.3 is 10.6 Å². The Balaban J connectivity index is 2.33. The maximum atomic E-state index is 13.6. The van der Waals surface area contributed by atoms with Crippen LogP contribution in [0, 0.1) is 12.7 Å². The number of nitrogens with one attached hydrogen (secondary N) is 2. The van der Waals surface area contributed by atoms with E-state index < -0.39 is 5.82 Å². The summed E-state index contributed by atoms with van der Waals surface area (Å²) in [6.07, 6.45) is 0. The summed E-state index contributed by atoms with van der Waals surface area (Å²) in [5.74, 6) is -0.816. The van der Waals surface area contributed by atoms with E-state index in [1.165, 1.54) is 12.1 Å². The van der Waals surface area contributed by atoms with E-state index in [1.807, 2.05) is 25.1 Å². The zero-order valence-corrected chi connectivity index (χ0v) is 12.7. The van der Waals surface area contributed by atoms with Gasteiger partial charge in [-0.3, -0.25) is 4.79 Å². The second-order valence-electron chi connectivity index (χ2n) is 4.35. The van der Waals surface area contributed by atoms with Gasteiger partial charge in [0.25, 0.3) is 5.91 Å². The Morgan fingerprint density at radius 1 is 1.25 bits per heavy atom. The first-order chi connectivity index (χ1) is 9.52. The Hall–Kier alpha value is -1.88. The van der Waals surface area contributed by atoms with Crippen molar-refractivity contribution in [1.29, 1.82) is 0 Å². The lowest BCUT2D eigenvalue weighted by atomic mass is 10.1. The summed E-state index contributed by atoms with van der Waals surface area (Å²) >= 11 is 3.38. The second-order valence-corrected chi connectivity index (χ2v) is 5.20. The molecule has 2 aromatic rings. The smallest absolute Gasteiger partial charge is 0.257 e. The molecule has 0 saturated heterocycles. The van der Waals surface area contributed by atoms with Gasteiger partial charge >= 0.3 is 0 Å². The summed E-state index contributed by atoms with van der Waals surface area (Å²) in [6, 6.07) is 10.0. The molecule has 0 aliphatic rings. The van der Waals surface area contributed by atoms with Crippen LogP contribution in [0.1, 0.15) is 15.9 Å². The predicted octanol–water partition coefficient (Wildman–Crippen LogP) is 4.19. The molecule has 0 bridgehead atoms. The van der Waals surface area contributed by atoms with Crippen LogP contribution >= 0.6 is 15.9 Å². The van der Waals surface area contributed by atoms with Gasteiger partial charge in [0.05, 0.1) is 16.9 Å². The van der Waals surface area contributed by atoms with Gasteiger partial charge in [0.15, 0.2) is 0 Å². The molecule has 3 nitrogen and oxygen atoms in total. The van der Waals surface area contributed by atoms with Crippen molar-refractivity contribution in [3.05, 3.63) is 57.8 Å². The number of hydrogen-bond donors (Lipinski definition) is 2.